The summed E-state index contributed by atoms with van der Waals surface area (Å²) < 4.78 is 0. The van der Waals surface area contributed by atoms with Crippen molar-refractivity contribution in [2.45, 2.75) is 17.1 Å². The van der Waals surface area contributed by atoms with Crippen LogP contribution in [0.3, 0.4) is 0 Å². The number of hydrogen-bond acceptors (Lipinski definition) is 4. The fourth-order valence-electron chi connectivity index (χ4n) is 4.42. The van der Waals surface area contributed by atoms with Crippen molar-refractivity contribution in [3.8, 4) is 11.1 Å². The minimum Gasteiger partial charge on any atom is -0.325 e. The highest BCUT2D eigenvalue weighted by Gasteiger charge is 2.17. The Hall–Kier alpha value is -5.11. The van der Waals surface area contributed by atoms with E-state index in [1.54, 1.807) is 79.7 Å². The molecule has 0 aromatic heterocycles. The van der Waals surface area contributed by atoms with Gasteiger partial charge >= 0.3 is 0 Å². The van der Waals surface area contributed by atoms with Gasteiger partial charge in [-0.25, -0.2) is 0 Å². The van der Waals surface area contributed by atoms with E-state index < -0.39 is 17.1 Å². The molecule has 0 fully saturated rings. The average Bonchev–Trinajstić information content (AvgIpc) is 3.05. The first-order chi connectivity index (χ1) is 21.8. The van der Waals surface area contributed by atoms with E-state index in [2.05, 4.69) is 16.0 Å². The third-order valence-corrected chi connectivity index (χ3v) is 8.05. The van der Waals surface area contributed by atoms with Gasteiger partial charge in [-0.2, -0.15) is 0 Å². The lowest BCUT2D eigenvalue weighted by atomic mass is 10.0. The van der Waals surface area contributed by atoms with Crippen molar-refractivity contribution in [3.05, 3.63) is 155 Å². The third kappa shape index (κ3) is 8.95. The molecule has 5 aromatic carbocycles. The standard InChI is InChI=1S/C37H30ClN3O3S/c1-25(35(42)39-31-15-8-14-30(38)23-31)45-33-17-9-16-32(24-33)40-37(44)34(41-36(43)29-12-6-3-7-13-29)22-26-18-20-28(21-19-26)27-10-4-2-5-11-27/h2-25H,1H3,(H,39,42)(H,40,44)(H,41,43)/b34-22+. The van der Waals surface area contributed by atoms with Crippen LogP contribution in [0.5, 0.6) is 0 Å². The van der Waals surface area contributed by atoms with Crippen molar-refractivity contribution >= 4 is 58.5 Å². The highest BCUT2D eigenvalue weighted by molar-refractivity contribution is 8.00. The van der Waals surface area contributed by atoms with Crippen LogP contribution in [-0.4, -0.2) is 23.0 Å². The number of thioether (sulfide) groups is 1. The highest BCUT2D eigenvalue weighted by atomic mass is 35.5. The van der Waals surface area contributed by atoms with Crippen molar-refractivity contribution in [1.82, 2.24) is 5.32 Å². The molecule has 3 amide bonds. The van der Waals surface area contributed by atoms with E-state index in [-0.39, 0.29) is 11.6 Å². The first-order valence-electron chi connectivity index (χ1n) is 14.2. The molecule has 1 unspecified atom stereocenters. The molecule has 5 aromatic rings. The fourth-order valence-corrected chi connectivity index (χ4v) is 5.54. The average molecular weight is 632 g/mol. The number of hydrogen-bond donors (Lipinski definition) is 3. The SMILES string of the molecule is CC(Sc1cccc(NC(=O)/C(=C\c2ccc(-c3ccccc3)cc2)NC(=O)c2ccccc2)c1)C(=O)Nc1cccc(Cl)c1. The lowest BCUT2D eigenvalue weighted by Crippen LogP contribution is -2.30. The first-order valence-corrected chi connectivity index (χ1v) is 15.5. The summed E-state index contributed by atoms with van der Waals surface area (Å²) in [5.41, 5.74) is 4.52. The second-order valence-corrected chi connectivity index (χ2v) is 12.0. The highest BCUT2D eigenvalue weighted by Crippen LogP contribution is 2.27. The number of benzene rings is 5. The van der Waals surface area contributed by atoms with E-state index in [0.717, 1.165) is 21.6 Å². The van der Waals surface area contributed by atoms with E-state index >= 15 is 0 Å². The minimum atomic E-state index is -0.486. The molecule has 3 N–H and O–H groups in total. The molecule has 0 heterocycles. The van der Waals surface area contributed by atoms with Gasteiger partial charge < -0.3 is 16.0 Å². The van der Waals surface area contributed by atoms with Crippen LogP contribution < -0.4 is 16.0 Å². The van der Waals surface area contributed by atoms with Gasteiger partial charge in [0.1, 0.15) is 5.70 Å². The van der Waals surface area contributed by atoms with Crippen LogP contribution in [0.1, 0.15) is 22.8 Å². The van der Waals surface area contributed by atoms with E-state index in [1.807, 2.05) is 66.7 Å². The molecule has 5 rings (SSSR count). The minimum absolute atomic E-state index is 0.0867. The molecule has 224 valence electrons. The van der Waals surface area contributed by atoms with Gasteiger partial charge in [-0.3, -0.25) is 14.4 Å². The van der Waals surface area contributed by atoms with Crippen LogP contribution in [0.4, 0.5) is 11.4 Å². The predicted octanol–water partition coefficient (Wildman–Crippen LogP) is 8.54. The Morgan fingerprint density at radius 2 is 1.31 bits per heavy atom. The number of rotatable bonds is 10. The summed E-state index contributed by atoms with van der Waals surface area (Å²) in [6, 6.07) is 40.6. The summed E-state index contributed by atoms with van der Waals surface area (Å²) in [7, 11) is 0. The molecule has 0 spiro atoms. The molecule has 6 nitrogen and oxygen atoms in total. The van der Waals surface area contributed by atoms with E-state index in [9.17, 15) is 14.4 Å². The molecule has 8 heteroatoms. The molecule has 0 saturated heterocycles. The molecular weight excluding hydrogens is 602 g/mol. The summed E-state index contributed by atoms with van der Waals surface area (Å²) in [6.07, 6.45) is 1.64. The smallest absolute Gasteiger partial charge is 0.272 e. The number of halogens is 1. The molecule has 0 saturated carbocycles. The lowest BCUT2D eigenvalue weighted by Gasteiger charge is -2.14. The van der Waals surface area contributed by atoms with Gasteiger partial charge in [-0.1, -0.05) is 96.5 Å². The van der Waals surface area contributed by atoms with Gasteiger partial charge in [-0.05, 0) is 78.2 Å². The zero-order valence-corrected chi connectivity index (χ0v) is 25.9. The largest absolute Gasteiger partial charge is 0.325 e. The van der Waals surface area contributed by atoms with E-state index in [4.69, 9.17) is 11.6 Å². The van der Waals surface area contributed by atoms with Crippen molar-refractivity contribution < 1.29 is 14.4 Å². The molecule has 0 bridgehead atoms. The molecule has 0 aliphatic rings. The fraction of sp³-hybridized carbons (Fsp3) is 0.0541. The van der Waals surface area contributed by atoms with Crippen LogP contribution in [0.15, 0.2) is 144 Å². The first kappa shape index (κ1) is 31.3. The second-order valence-electron chi connectivity index (χ2n) is 10.1. The monoisotopic (exact) mass is 631 g/mol. The normalized spacial score (nSPS) is 11.7. The van der Waals surface area contributed by atoms with Crippen LogP contribution in [0.25, 0.3) is 17.2 Å². The molecule has 45 heavy (non-hydrogen) atoms. The Bertz CT molecular complexity index is 1830. The van der Waals surface area contributed by atoms with Gasteiger partial charge in [0.15, 0.2) is 0 Å². The molecule has 1 atom stereocenters. The van der Waals surface area contributed by atoms with Gasteiger partial charge in [0.05, 0.1) is 5.25 Å². The Kier molecular flexibility index (Phi) is 10.5. The summed E-state index contributed by atoms with van der Waals surface area (Å²) in [5, 5.41) is 8.66. The third-order valence-electron chi connectivity index (χ3n) is 6.72. The maximum Gasteiger partial charge on any atom is 0.272 e. The van der Waals surface area contributed by atoms with Crippen molar-refractivity contribution in [1.29, 1.82) is 0 Å². The van der Waals surface area contributed by atoms with Gasteiger partial charge in [0, 0.05) is 26.9 Å². The maximum atomic E-state index is 13.6. The summed E-state index contributed by atoms with van der Waals surface area (Å²) in [6.45, 7) is 1.80. The molecule has 0 aliphatic carbocycles. The van der Waals surface area contributed by atoms with Crippen molar-refractivity contribution in [2.24, 2.45) is 0 Å². The van der Waals surface area contributed by atoms with Gasteiger partial charge in [-0.15, -0.1) is 11.8 Å². The van der Waals surface area contributed by atoms with E-state index in [0.29, 0.717) is 22.0 Å². The topological polar surface area (TPSA) is 87.3 Å². The van der Waals surface area contributed by atoms with Gasteiger partial charge in [0.2, 0.25) is 5.91 Å². The lowest BCUT2D eigenvalue weighted by molar-refractivity contribution is -0.115. The number of carbonyl (C=O) groups excluding carboxylic acids is 3. The number of anilines is 2. The Morgan fingerprint density at radius 1 is 0.689 bits per heavy atom. The van der Waals surface area contributed by atoms with Crippen LogP contribution in [-0.2, 0) is 9.59 Å². The molecule has 0 aliphatic heterocycles. The number of amides is 3. The quantitative estimate of drug-likeness (QED) is 0.106. The zero-order chi connectivity index (χ0) is 31.6. The predicted molar refractivity (Wildman–Crippen MR) is 184 cm³/mol. The second kappa shape index (κ2) is 15.1. The Morgan fingerprint density at radius 3 is 2.00 bits per heavy atom. The Labute approximate surface area is 271 Å². The maximum absolute atomic E-state index is 13.6. The van der Waals surface area contributed by atoms with Crippen molar-refractivity contribution in [3.63, 3.8) is 0 Å². The number of carbonyl (C=O) groups is 3. The van der Waals surface area contributed by atoms with Crippen molar-refractivity contribution in [2.75, 3.05) is 10.6 Å². The number of nitrogens with one attached hydrogen (secondary N) is 3. The van der Waals surface area contributed by atoms with Crippen LogP contribution in [0, 0.1) is 0 Å². The summed E-state index contributed by atoms with van der Waals surface area (Å²) >= 11 is 7.39. The van der Waals surface area contributed by atoms with Crippen LogP contribution >= 0.6 is 23.4 Å². The Balaban J connectivity index is 1.32. The zero-order valence-electron chi connectivity index (χ0n) is 24.4. The molecular formula is C37H30ClN3O3S. The molecule has 0 radical (unpaired) electrons. The summed E-state index contributed by atoms with van der Waals surface area (Å²) in [4.78, 5) is 40.2. The van der Waals surface area contributed by atoms with Gasteiger partial charge in [0.25, 0.3) is 11.8 Å². The van der Waals surface area contributed by atoms with Crippen LogP contribution in [0.2, 0.25) is 5.02 Å². The summed E-state index contributed by atoms with van der Waals surface area (Å²) in [5.74, 6) is -1.06. The van der Waals surface area contributed by atoms with E-state index in [1.165, 1.54) is 11.8 Å².